The molecule has 6 aromatic carbocycles. The predicted molar refractivity (Wildman–Crippen MR) is 240 cm³/mol. The third-order valence-electron chi connectivity index (χ3n) is 13.7. The summed E-state index contributed by atoms with van der Waals surface area (Å²) in [4.78, 5) is 5.04. The van der Waals surface area contributed by atoms with E-state index in [0.717, 1.165) is 13.0 Å². The van der Waals surface area contributed by atoms with Crippen molar-refractivity contribution in [1.29, 1.82) is 0 Å². The van der Waals surface area contributed by atoms with Crippen LogP contribution in [0.1, 0.15) is 106 Å². The maximum Gasteiger partial charge on any atom is 0.0580 e. The van der Waals surface area contributed by atoms with Crippen LogP contribution in [0.15, 0.2) is 127 Å². The Labute approximate surface area is 333 Å². The third-order valence-corrected chi connectivity index (χ3v) is 13.7. The molecule has 0 saturated heterocycles. The van der Waals surface area contributed by atoms with E-state index >= 15 is 0 Å². The van der Waals surface area contributed by atoms with Gasteiger partial charge in [0.05, 0.1) is 5.54 Å². The van der Waals surface area contributed by atoms with E-state index in [0.29, 0.717) is 0 Å². The van der Waals surface area contributed by atoms with Gasteiger partial charge in [0.25, 0.3) is 0 Å². The van der Waals surface area contributed by atoms with Crippen LogP contribution in [0.4, 0.5) is 22.7 Å². The molecule has 0 aromatic heterocycles. The highest BCUT2D eigenvalue weighted by Gasteiger charge is 2.39. The summed E-state index contributed by atoms with van der Waals surface area (Å²) in [7, 11) is 0. The van der Waals surface area contributed by atoms with Crippen molar-refractivity contribution in [3.8, 4) is 22.3 Å². The third kappa shape index (κ3) is 5.14. The fourth-order valence-corrected chi connectivity index (χ4v) is 10.4. The molecule has 2 aliphatic heterocycles. The molecule has 0 atom stereocenters. The van der Waals surface area contributed by atoms with Gasteiger partial charge in [0, 0.05) is 40.1 Å². The predicted octanol–water partition coefficient (Wildman–Crippen LogP) is 14.2. The SMILES string of the molecule is CC1(C)CCN(c2ccc3c(c2)C(C)(C)c2cc(/C=C/c4ccc5c(c4)C(C)(C)c4cc(N6c7ccccc7C=CC6(C)C)ccc4-5)ccc2-3)c2ccccc21. The first kappa shape index (κ1) is 34.9. The molecule has 0 fully saturated rings. The summed E-state index contributed by atoms with van der Waals surface area (Å²) in [5.74, 6) is 0. The van der Waals surface area contributed by atoms with Gasteiger partial charge in [-0.2, -0.15) is 0 Å². The first-order valence-electron chi connectivity index (χ1n) is 20.5. The molecule has 2 aliphatic carbocycles. The Balaban J connectivity index is 0.931. The van der Waals surface area contributed by atoms with Crippen LogP contribution in [-0.4, -0.2) is 12.1 Å². The zero-order valence-corrected chi connectivity index (χ0v) is 34.2. The maximum atomic E-state index is 2.54. The second-order valence-corrected chi connectivity index (χ2v) is 18.8. The van der Waals surface area contributed by atoms with Gasteiger partial charge < -0.3 is 9.80 Å². The Morgan fingerprint density at radius 1 is 0.482 bits per heavy atom. The van der Waals surface area contributed by atoms with Crippen molar-refractivity contribution >= 4 is 41.0 Å². The summed E-state index contributed by atoms with van der Waals surface area (Å²) in [6, 6.07) is 46.1. The van der Waals surface area contributed by atoms with E-state index in [1.807, 2.05) is 0 Å². The minimum absolute atomic E-state index is 0.0941. The lowest BCUT2D eigenvalue weighted by atomic mass is 9.77. The van der Waals surface area contributed by atoms with E-state index in [1.165, 1.54) is 89.5 Å². The van der Waals surface area contributed by atoms with Crippen molar-refractivity contribution in [2.24, 2.45) is 0 Å². The van der Waals surface area contributed by atoms with E-state index in [1.54, 1.807) is 0 Å². The molecule has 0 radical (unpaired) electrons. The highest BCUT2D eigenvalue weighted by molar-refractivity contribution is 5.88. The average Bonchev–Trinajstić information content (AvgIpc) is 3.55. The first-order chi connectivity index (χ1) is 26.7. The van der Waals surface area contributed by atoms with Gasteiger partial charge in [-0.25, -0.2) is 0 Å². The van der Waals surface area contributed by atoms with Gasteiger partial charge in [-0.3, -0.25) is 0 Å². The molecule has 278 valence electrons. The molecule has 0 unspecified atom stereocenters. The Kier molecular flexibility index (Phi) is 7.44. The first-order valence-corrected chi connectivity index (χ1v) is 20.5. The molecule has 0 amide bonds. The zero-order chi connectivity index (χ0) is 38.8. The van der Waals surface area contributed by atoms with E-state index < -0.39 is 0 Å². The van der Waals surface area contributed by atoms with Crippen molar-refractivity contribution < 1.29 is 0 Å². The Hall–Kier alpha value is -5.60. The topological polar surface area (TPSA) is 6.48 Å². The molecule has 0 spiro atoms. The van der Waals surface area contributed by atoms with Gasteiger partial charge in [-0.1, -0.05) is 151 Å². The van der Waals surface area contributed by atoms with Gasteiger partial charge in [0.2, 0.25) is 0 Å². The van der Waals surface area contributed by atoms with Gasteiger partial charge in [0.15, 0.2) is 0 Å². The van der Waals surface area contributed by atoms with Crippen LogP contribution in [0.5, 0.6) is 0 Å². The van der Waals surface area contributed by atoms with E-state index in [-0.39, 0.29) is 21.8 Å². The number of anilines is 4. The van der Waals surface area contributed by atoms with E-state index in [4.69, 9.17) is 0 Å². The lowest BCUT2D eigenvalue weighted by molar-refractivity contribution is 0.467. The number of para-hydroxylation sites is 2. The Morgan fingerprint density at radius 3 is 1.61 bits per heavy atom. The molecule has 0 bridgehead atoms. The van der Waals surface area contributed by atoms with Crippen molar-refractivity contribution in [2.45, 2.75) is 83.6 Å². The molecule has 6 aromatic rings. The molecule has 0 saturated carbocycles. The molecule has 2 heterocycles. The quantitative estimate of drug-likeness (QED) is 0.167. The number of hydrogen-bond acceptors (Lipinski definition) is 2. The van der Waals surface area contributed by atoms with Crippen molar-refractivity contribution in [1.82, 2.24) is 0 Å². The van der Waals surface area contributed by atoms with Crippen molar-refractivity contribution in [3.63, 3.8) is 0 Å². The second kappa shape index (κ2) is 12.0. The molecule has 10 rings (SSSR count). The monoisotopic (exact) mass is 728 g/mol. The maximum absolute atomic E-state index is 2.54. The average molecular weight is 729 g/mol. The number of nitrogens with zero attached hydrogens (tertiary/aromatic N) is 2. The van der Waals surface area contributed by atoms with Crippen LogP contribution < -0.4 is 9.80 Å². The number of rotatable bonds is 4. The molecule has 56 heavy (non-hydrogen) atoms. The molecule has 0 N–H and O–H groups in total. The molecule has 2 heteroatoms. The minimum atomic E-state index is -0.133. The lowest BCUT2D eigenvalue weighted by Gasteiger charge is -2.42. The summed E-state index contributed by atoms with van der Waals surface area (Å²) < 4.78 is 0. The summed E-state index contributed by atoms with van der Waals surface area (Å²) in [6.45, 7) is 20.0. The number of hydrogen-bond donors (Lipinski definition) is 0. The summed E-state index contributed by atoms with van der Waals surface area (Å²) in [5.41, 5.74) is 21.2. The summed E-state index contributed by atoms with van der Waals surface area (Å²) in [5, 5.41) is 0. The highest BCUT2D eigenvalue weighted by Crippen LogP contribution is 2.53. The van der Waals surface area contributed by atoms with E-state index in [2.05, 4.69) is 211 Å². The minimum Gasteiger partial charge on any atom is -0.341 e. The normalized spacial score (nSPS) is 18.6. The van der Waals surface area contributed by atoms with Crippen molar-refractivity contribution in [3.05, 3.63) is 172 Å². The highest BCUT2D eigenvalue weighted by atomic mass is 15.2. The second-order valence-electron chi connectivity index (χ2n) is 18.8. The largest absolute Gasteiger partial charge is 0.341 e. The van der Waals surface area contributed by atoms with E-state index in [9.17, 15) is 0 Å². The summed E-state index contributed by atoms with van der Waals surface area (Å²) in [6.07, 6.45) is 10.3. The van der Waals surface area contributed by atoms with Gasteiger partial charge >= 0.3 is 0 Å². The zero-order valence-electron chi connectivity index (χ0n) is 34.2. The standard InChI is InChI=1S/C54H52N2/c1-51(2)29-30-55(50-16-12-10-14-44(50)51)38-21-25-42-40-23-19-35(31-45(40)53(5,6)47(42)33-38)17-18-36-20-24-41-43-26-22-39(34-48(43)54(7,8)46(41)32-36)56-49-15-11-9-13-37(49)27-28-52(56,3)4/h9-28,31-34H,29-30H2,1-8H3/b18-17+. The summed E-state index contributed by atoms with van der Waals surface area (Å²) >= 11 is 0. The van der Waals surface area contributed by atoms with Crippen LogP contribution in [0, 0.1) is 0 Å². The van der Waals surface area contributed by atoms with Crippen LogP contribution in [-0.2, 0) is 16.2 Å². The van der Waals surface area contributed by atoms with Crippen molar-refractivity contribution in [2.75, 3.05) is 16.3 Å². The molecule has 4 aliphatic rings. The molecule has 2 nitrogen and oxygen atoms in total. The van der Waals surface area contributed by atoms with Gasteiger partial charge in [0.1, 0.15) is 0 Å². The van der Waals surface area contributed by atoms with Crippen LogP contribution in [0.25, 0.3) is 40.5 Å². The number of fused-ring (bicyclic) bond motifs is 8. The molecular formula is C54H52N2. The molecular weight excluding hydrogens is 677 g/mol. The van der Waals surface area contributed by atoms with Crippen LogP contribution in [0.2, 0.25) is 0 Å². The smallest absolute Gasteiger partial charge is 0.0580 e. The number of benzene rings is 6. The Bertz CT molecular complexity index is 2660. The van der Waals surface area contributed by atoms with Crippen LogP contribution in [0.3, 0.4) is 0 Å². The Morgan fingerprint density at radius 2 is 0.982 bits per heavy atom. The van der Waals surface area contributed by atoms with Gasteiger partial charge in [-0.15, -0.1) is 0 Å². The van der Waals surface area contributed by atoms with Crippen LogP contribution >= 0.6 is 0 Å². The van der Waals surface area contributed by atoms with Gasteiger partial charge in [-0.05, 0) is 129 Å². The fourth-order valence-electron chi connectivity index (χ4n) is 10.4. The fraction of sp³-hybridized carbons (Fsp3) is 0.259. The lowest BCUT2D eigenvalue weighted by Crippen LogP contribution is -2.40.